The van der Waals surface area contributed by atoms with Crippen molar-refractivity contribution in [2.45, 2.75) is 63.7 Å². The van der Waals surface area contributed by atoms with Crippen LogP contribution < -0.4 is 9.47 Å². The van der Waals surface area contributed by atoms with E-state index < -0.39 is 0 Å². The second kappa shape index (κ2) is 9.32. The number of aliphatic hydroxyl groups excluding tert-OH is 1. The summed E-state index contributed by atoms with van der Waals surface area (Å²) >= 11 is 0. The SMILES string of the molecule is COc1ccc(CN(CCCO)C[C@H]2C(=O)O[C@@H]3C[C@]4(C)CCC[C@@]5(CO5)[C@@H]4C[C@H]32)cc1OC. The van der Waals surface area contributed by atoms with Crippen LogP contribution in [0.15, 0.2) is 18.2 Å². The Hall–Kier alpha value is -1.83. The van der Waals surface area contributed by atoms with E-state index in [1.54, 1.807) is 14.2 Å². The Balaban J connectivity index is 1.33. The molecule has 1 aromatic rings. The third kappa shape index (κ3) is 4.31. The van der Waals surface area contributed by atoms with Gasteiger partial charge in [-0.25, -0.2) is 0 Å². The van der Waals surface area contributed by atoms with Gasteiger partial charge in [-0.3, -0.25) is 9.69 Å². The van der Waals surface area contributed by atoms with Crippen molar-refractivity contribution < 1.29 is 28.8 Å². The highest BCUT2D eigenvalue weighted by Crippen LogP contribution is 2.62. The van der Waals surface area contributed by atoms with Crippen molar-refractivity contribution in [3.8, 4) is 11.5 Å². The molecule has 1 spiro atoms. The second-order valence-corrected chi connectivity index (χ2v) is 11.1. The summed E-state index contributed by atoms with van der Waals surface area (Å²) in [4.78, 5) is 15.4. The zero-order chi connectivity index (χ0) is 23.9. The first kappa shape index (κ1) is 23.9. The van der Waals surface area contributed by atoms with E-state index in [0.717, 1.165) is 38.0 Å². The number of aliphatic hydroxyl groups is 1. The molecule has 2 heterocycles. The summed E-state index contributed by atoms with van der Waals surface area (Å²) in [6, 6.07) is 5.94. The van der Waals surface area contributed by atoms with Crippen molar-refractivity contribution in [1.29, 1.82) is 0 Å². The first-order valence-corrected chi connectivity index (χ1v) is 12.8. The van der Waals surface area contributed by atoms with Crippen LogP contribution in [-0.4, -0.2) is 68.2 Å². The maximum absolute atomic E-state index is 13.1. The number of benzene rings is 1. The average Bonchev–Trinajstić information content (AvgIpc) is 3.53. The molecule has 2 aliphatic heterocycles. The maximum Gasteiger partial charge on any atom is 0.310 e. The zero-order valence-electron chi connectivity index (χ0n) is 20.8. The molecule has 4 fully saturated rings. The molecule has 0 amide bonds. The molecule has 2 aliphatic carbocycles. The van der Waals surface area contributed by atoms with E-state index in [2.05, 4.69) is 11.8 Å². The van der Waals surface area contributed by atoms with Gasteiger partial charge in [0.25, 0.3) is 0 Å². The zero-order valence-corrected chi connectivity index (χ0v) is 20.8. The average molecular weight is 474 g/mol. The summed E-state index contributed by atoms with van der Waals surface area (Å²) in [7, 11) is 3.27. The van der Waals surface area contributed by atoms with Crippen molar-refractivity contribution in [3.63, 3.8) is 0 Å². The van der Waals surface area contributed by atoms with Crippen LogP contribution in [0.25, 0.3) is 0 Å². The molecule has 188 valence electrons. The Bertz CT molecular complexity index is 901. The predicted octanol–water partition coefficient (Wildman–Crippen LogP) is 3.42. The lowest BCUT2D eigenvalue weighted by atomic mass is 9.53. The van der Waals surface area contributed by atoms with E-state index >= 15 is 0 Å². The van der Waals surface area contributed by atoms with E-state index in [-0.39, 0.29) is 41.5 Å². The van der Waals surface area contributed by atoms with Crippen LogP contribution in [0.5, 0.6) is 11.5 Å². The highest BCUT2D eigenvalue weighted by Gasteiger charge is 2.65. The molecule has 6 atom stereocenters. The van der Waals surface area contributed by atoms with Crippen LogP contribution in [0.2, 0.25) is 0 Å². The number of ether oxygens (including phenoxy) is 4. The highest BCUT2D eigenvalue weighted by molar-refractivity contribution is 5.75. The molecule has 0 aromatic heterocycles. The van der Waals surface area contributed by atoms with E-state index in [4.69, 9.17) is 18.9 Å². The van der Waals surface area contributed by atoms with E-state index in [9.17, 15) is 9.90 Å². The summed E-state index contributed by atoms with van der Waals surface area (Å²) in [5, 5.41) is 9.49. The topological polar surface area (TPSA) is 80.8 Å². The second-order valence-electron chi connectivity index (χ2n) is 11.1. The minimum absolute atomic E-state index is 0.0217. The standard InChI is InChI=1S/C27H39NO6/c1-26-8-4-9-27(17-33-27)24(26)13-19-20(25(30)34-23(19)14-26)16-28(10-5-11-29)15-18-6-7-21(31-2)22(12-18)32-3/h6-7,12,19-20,23-24,29H,4-5,8-11,13-17H2,1-3H3/t19-,20+,23+,24+,26-,27+/m0/s1. The fourth-order valence-corrected chi connectivity index (χ4v) is 7.21. The third-order valence-electron chi connectivity index (χ3n) is 9.02. The number of epoxide rings is 1. The number of esters is 1. The molecular formula is C27H39NO6. The van der Waals surface area contributed by atoms with Gasteiger partial charge in [0.1, 0.15) is 6.10 Å². The molecule has 34 heavy (non-hydrogen) atoms. The molecule has 2 saturated heterocycles. The lowest BCUT2D eigenvalue weighted by Gasteiger charge is -2.51. The van der Waals surface area contributed by atoms with Gasteiger partial charge in [-0.1, -0.05) is 13.0 Å². The van der Waals surface area contributed by atoms with Crippen molar-refractivity contribution in [2.75, 3.05) is 40.5 Å². The van der Waals surface area contributed by atoms with Crippen LogP contribution >= 0.6 is 0 Å². The number of carbonyl (C=O) groups is 1. The van der Waals surface area contributed by atoms with Crippen molar-refractivity contribution in [1.82, 2.24) is 4.90 Å². The van der Waals surface area contributed by atoms with Gasteiger partial charge in [0.2, 0.25) is 0 Å². The smallest absolute Gasteiger partial charge is 0.310 e. The fraction of sp³-hybridized carbons (Fsp3) is 0.741. The summed E-state index contributed by atoms with van der Waals surface area (Å²) in [5.74, 6) is 1.97. The van der Waals surface area contributed by atoms with Crippen LogP contribution in [0, 0.1) is 23.2 Å². The third-order valence-corrected chi connectivity index (χ3v) is 9.02. The summed E-state index contributed by atoms with van der Waals surface area (Å²) in [5.41, 5.74) is 1.36. The Morgan fingerprint density at radius 1 is 1.21 bits per heavy atom. The van der Waals surface area contributed by atoms with Crippen LogP contribution in [0.1, 0.15) is 51.0 Å². The normalized spacial score (nSPS) is 36.2. The first-order valence-electron chi connectivity index (χ1n) is 12.8. The largest absolute Gasteiger partial charge is 0.493 e. The van der Waals surface area contributed by atoms with Crippen molar-refractivity contribution in [3.05, 3.63) is 23.8 Å². The molecule has 5 rings (SSSR count). The molecule has 2 saturated carbocycles. The van der Waals surface area contributed by atoms with Gasteiger partial charge in [-0.05, 0) is 67.6 Å². The van der Waals surface area contributed by atoms with Gasteiger partial charge in [0, 0.05) is 32.2 Å². The highest BCUT2D eigenvalue weighted by atomic mass is 16.6. The van der Waals surface area contributed by atoms with E-state index in [1.807, 2.05) is 18.2 Å². The quantitative estimate of drug-likeness (QED) is 0.435. The number of hydrogen-bond donors (Lipinski definition) is 1. The maximum atomic E-state index is 13.1. The lowest BCUT2D eigenvalue weighted by molar-refractivity contribution is -0.147. The number of carbonyl (C=O) groups excluding carboxylic acids is 1. The van der Waals surface area contributed by atoms with Gasteiger partial charge in [-0.15, -0.1) is 0 Å². The molecular weight excluding hydrogens is 434 g/mol. The monoisotopic (exact) mass is 473 g/mol. The van der Waals surface area contributed by atoms with Gasteiger partial charge in [0.15, 0.2) is 11.5 Å². The Morgan fingerprint density at radius 2 is 2.00 bits per heavy atom. The molecule has 4 aliphatic rings. The number of methoxy groups -OCH3 is 2. The first-order chi connectivity index (χ1) is 16.4. The Labute approximate surface area is 202 Å². The Kier molecular flexibility index (Phi) is 6.55. The Morgan fingerprint density at radius 3 is 2.71 bits per heavy atom. The number of hydrogen-bond acceptors (Lipinski definition) is 7. The van der Waals surface area contributed by atoms with E-state index in [1.165, 1.54) is 12.8 Å². The summed E-state index contributed by atoms with van der Waals surface area (Å²) in [6.45, 7) is 5.44. The predicted molar refractivity (Wildman–Crippen MR) is 127 cm³/mol. The van der Waals surface area contributed by atoms with Crippen molar-refractivity contribution >= 4 is 5.97 Å². The van der Waals surface area contributed by atoms with Gasteiger partial charge < -0.3 is 24.1 Å². The van der Waals surface area contributed by atoms with Crippen LogP contribution in [-0.2, 0) is 20.8 Å². The minimum atomic E-state index is -0.133. The summed E-state index contributed by atoms with van der Waals surface area (Å²) < 4.78 is 22.9. The molecule has 1 aromatic carbocycles. The molecule has 1 N–H and O–H groups in total. The molecule has 0 unspecified atom stereocenters. The van der Waals surface area contributed by atoms with Gasteiger partial charge in [0.05, 0.1) is 32.3 Å². The number of rotatable bonds is 9. The van der Waals surface area contributed by atoms with Gasteiger partial charge >= 0.3 is 5.97 Å². The minimum Gasteiger partial charge on any atom is -0.493 e. The van der Waals surface area contributed by atoms with E-state index in [0.29, 0.717) is 36.9 Å². The fourth-order valence-electron chi connectivity index (χ4n) is 7.21. The molecule has 0 radical (unpaired) electrons. The van der Waals surface area contributed by atoms with Crippen LogP contribution in [0.4, 0.5) is 0 Å². The summed E-state index contributed by atoms with van der Waals surface area (Å²) in [6.07, 6.45) is 6.24. The van der Waals surface area contributed by atoms with Crippen LogP contribution in [0.3, 0.4) is 0 Å². The van der Waals surface area contributed by atoms with Gasteiger partial charge in [-0.2, -0.15) is 0 Å². The van der Waals surface area contributed by atoms with Crippen molar-refractivity contribution in [2.24, 2.45) is 23.2 Å². The lowest BCUT2D eigenvalue weighted by Crippen LogP contribution is -2.51. The molecule has 7 nitrogen and oxygen atoms in total. The number of fused-ring (bicyclic) bond motifs is 3. The molecule has 7 heteroatoms. The molecule has 0 bridgehead atoms. The number of nitrogens with zero attached hydrogens (tertiary/aromatic N) is 1.